The fourth-order valence-corrected chi connectivity index (χ4v) is 4.52. The Morgan fingerprint density at radius 2 is 2.12 bits per heavy atom. The van der Waals surface area contributed by atoms with Crippen molar-refractivity contribution >= 4 is 27.5 Å². The maximum atomic E-state index is 12.7. The molecular formula is C20H20N2O3S. The van der Waals surface area contributed by atoms with E-state index >= 15 is 0 Å². The van der Waals surface area contributed by atoms with Gasteiger partial charge in [0.25, 0.3) is 5.56 Å². The number of hydrogen-bond donors (Lipinski definition) is 0. The van der Waals surface area contributed by atoms with Crippen LogP contribution in [-0.4, -0.2) is 15.5 Å². The number of benzene rings is 1. The van der Waals surface area contributed by atoms with Gasteiger partial charge in [-0.15, -0.1) is 11.3 Å². The zero-order chi connectivity index (χ0) is 18.4. The molecule has 0 N–H and O–H groups in total. The average Bonchev–Trinajstić information content (AvgIpc) is 3.21. The molecule has 0 saturated heterocycles. The fraction of sp³-hybridized carbons (Fsp3) is 0.350. The molecule has 3 aromatic rings. The Bertz CT molecular complexity index is 1090. The van der Waals surface area contributed by atoms with E-state index in [-0.39, 0.29) is 12.2 Å². The molecule has 0 bridgehead atoms. The maximum absolute atomic E-state index is 12.7. The van der Waals surface area contributed by atoms with Crippen LogP contribution in [0, 0.1) is 20.8 Å². The Morgan fingerprint density at radius 1 is 1.31 bits per heavy atom. The number of carbonyl (C=O) groups excluding carboxylic acids is 1. The Hall–Kier alpha value is -2.47. The van der Waals surface area contributed by atoms with E-state index in [1.165, 1.54) is 11.3 Å². The quantitative estimate of drug-likeness (QED) is 0.662. The summed E-state index contributed by atoms with van der Waals surface area (Å²) in [5.41, 5.74) is 3.86. The summed E-state index contributed by atoms with van der Waals surface area (Å²) in [6.45, 7) is 6.75. The summed E-state index contributed by atoms with van der Waals surface area (Å²) in [4.78, 5) is 31.0. The minimum absolute atomic E-state index is 0.0372. The summed E-state index contributed by atoms with van der Waals surface area (Å²) in [6, 6.07) is 6.09. The third-order valence-electron chi connectivity index (χ3n) is 4.96. The summed E-state index contributed by atoms with van der Waals surface area (Å²) < 4.78 is 7.27. The minimum atomic E-state index is -0.393. The Kier molecular flexibility index (Phi) is 4.15. The van der Waals surface area contributed by atoms with Crippen molar-refractivity contribution in [1.29, 1.82) is 0 Å². The lowest BCUT2D eigenvalue weighted by Crippen LogP contribution is -2.20. The summed E-state index contributed by atoms with van der Waals surface area (Å²) >= 11 is 1.26. The van der Waals surface area contributed by atoms with E-state index in [2.05, 4.69) is 4.98 Å². The number of hydrogen-bond acceptors (Lipinski definition) is 5. The molecule has 26 heavy (non-hydrogen) atoms. The van der Waals surface area contributed by atoms with Crippen LogP contribution in [-0.2, 0) is 24.3 Å². The maximum Gasteiger partial charge on any atom is 0.349 e. The van der Waals surface area contributed by atoms with E-state index in [4.69, 9.17) is 4.74 Å². The van der Waals surface area contributed by atoms with Gasteiger partial charge in [0.2, 0.25) is 0 Å². The minimum Gasteiger partial charge on any atom is -0.457 e. The number of fused-ring (bicyclic) bond motifs is 2. The highest BCUT2D eigenvalue weighted by molar-refractivity contribution is 7.20. The van der Waals surface area contributed by atoms with Crippen molar-refractivity contribution < 1.29 is 9.53 Å². The zero-order valence-electron chi connectivity index (χ0n) is 15.1. The van der Waals surface area contributed by atoms with Crippen molar-refractivity contribution in [3.05, 3.63) is 61.5 Å². The second-order valence-corrected chi connectivity index (χ2v) is 7.83. The van der Waals surface area contributed by atoms with E-state index < -0.39 is 5.97 Å². The van der Waals surface area contributed by atoms with Crippen molar-refractivity contribution in [2.24, 2.45) is 0 Å². The molecule has 1 aliphatic heterocycles. The number of rotatable bonds is 3. The molecule has 1 aromatic carbocycles. The van der Waals surface area contributed by atoms with E-state index in [9.17, 15) is 9.59 Å². The van der Waals surface area contributed by atoms with Gasteiger partial charge in [-0.05, 0) is 43.9 Å². The first kappa shape index (κ1) is 17.0. The third kappa shape index (κ3) is 2.74. The molecule has 4 rings (SSSR count). The van der Waals surface area contributed by atoms with Crippen LogP contribution >= 0.6 is 11.3 Å². The molecule has 0 amide bonds. The summed E-state index contributed by atoms with van der Waals surface area (Å²) in [7, 11) is 0. The average molecular weight is 368 g/mol. The predicted molar refractivity (Wildman–Crippen MR) is 102 cm³/mol. The molecule has 0 spiro atoms. The topological polar surface area (TPSA) is 61.2 Å². The molecule has 0 saturated carbocycles. The Labute approximate surface area is 155 Å². The highest BCUT2D eigenvalue weighted by Crippen LogP contribution is 2.29. The second kappa shape index (κ2) is 6.36. The summed E-state index contributed by atoms with van der Waals surface area (Å²) in [6.07, 6.45) is 1.76. The first-order valence-electron chi connectivity index (χ1n) is 8.72. The summed E-state index contributed by atoms with van der Waals surface area (Å²) in [5.74, 6) is 0.426. The fourth-order valence-electron chi connectivity index (χ4n) is 3.43. The molecule has 0 aliphatic carbocycles. The summed E-state index contributed by atoms with van der Waals surface area (Å²) in [5, 5.41) is 0.555. The molecule has 134 valence electrons. The first-order chi connectivity index (χ1) is 12.5. The molecule has 0 radical (unpaired) electrons. The largest absolute Gasteiger partial charge is 0.457 e. The third-order valence-corrected chi connectivity index (χ3v) is 6.13. The molecule has 6 heteroatoms. The number of nitrogens with zero attached hydrogens (tertiary/aromatic N) is 2. The predicted octanol–water partition coefficient (Wildman–Crippen LogP) is 3.69. The molecule has 0 fully saturated rings. The lowest BCUT2D eigenvalue weighted by atomic mass is 10.1. The van der Waals surface area contributed by atoms with Gasteiger partial charge in [0, 0.05) is 13.0 Å². The Balaban J connectivity index is 1.65. The number of aryl methyl sites for hydroxylation is 4. The van der Waals surface area contributed by atoms with Crippen LogP contribution in [0.5, 0.6) is 0 Å². The number of carbonyl (C=O) groups is 1. The zero-order valence-corrected chi connectivity index (χ0v) is 15.9. The van der Waals surface area contributed by atoms with E-state index in [1.807, 2.05) is 32.0 Å². The number of aromatic nitrogens is 2. The highest BCUT2D eigenvalue weighted by Gasteiger charge is 2.24. The van der Waals surface area contributed by atoms with E-state index in [0.29, 0.717) is 27.2 Å². The smallest absolute Gasteiger partial charge is 0.349 e. The molecule has 0 unspecified atom stereocenters. The van der Waals surface area contributed by atoms with Crippen LogP contribution in [0.15, 0.2) is 23.0 Å². The number of ether oxygens (including phenoxy) is 1. The molecule has 1 aliphatic rings. The van der Waals surface area contributed by atoms with Crippen molar-refractivity contribution in [2.45, 2.75) is 46.8 Å². The molecule has 5 nitrogen and oxygen atoms in total. The molecule has 3 heterocycles. The lowest BCUT2D eigenvalue weighted by Gasteiger charge is -2.08. The van der Waals surface area contributed by atoms with Gasteiger partial charge in [0.15, 0.2) is 0 Å². The highest BCUT2D eigenvalue weighted by atomic mass is 32.1. The van der Waals surface area contributed by atoms with Gasteiger partial charge in [-0.1, -0.05) is 23.8 Å². The SMILES string of the molecule is Cc1ccc(C)c(COC(=O)c2sc3nc4n(c(=O)c3c2C)CCC4)c1. The van der Waals surface area contributed by atoms with Gasteiger partial charge in [0.05, 0.1) is 5.39 Å². The van der Waals surface area contributed by atoms with Crippen LogP contribution in [0.3, 0.4) is 0 Å². The molecular weight excluding hydrogens is 348 g/mol. The van der Waals surface area contributed by atoms with E-state index in [0.717, 1.165) is 35.4 Å². The number of thiophene rings is 1. The van der Waals surface area contributed by atoms with Crippen LogP contribution < -0.4 is 5.56 Å². The van der Waals surface area contributed by atoms with Gasteiger partial charge in [-0.25, -0.2) is 9.78 Å². The van der Waals surface area contributed by atoms with Crippen LogP contribution in [0.25, 0.3) is 10.2 Å². The van der Waals surface area contributed by atoms with Crippen LogP contribution in [0.1, 0.15) is 44.2 Å². The molecule has 0 atom stereocenters. The lowest BCUT2D eigenvalue weighted by molar-refractivity contribution is 0.0477. The normalized spacial score (nSPS) is 13.2. The first-order valence-corrected chi connectivity index (χ1v) is 9.53. The van der Waals surface area contributed by atoms with Crippen molar-refractivity contribution in [3.8, 4) is 0 Å². The van der Waals surface area contributed by atoms with Gasteiger partial charge in [-0.2, -0.15) is 0 Å². The van der Waals surface area contributed by atoms with Crippen molar-refractivity contribution in [2.75, 3.05) is 0 Å². The van der Waals surface area contributed by atoms with Crippen LogP contribution in [0.4, 0.5) is 0 Å². The van der Waals surface area contributed by atoms with Gasteiger partial charge >= 0.3 is 5.97 Å². The van der Waals surface area contributed by atoms with Gasteiger partial charge < -0.3 is 4.74 Å². The number of esters is 1. The van der Waals surface area contributed by atoms with Crippen molar-refractivity contribution in [1.82, 2.24) is 9.55 Å². The monoisotopic (exact) mass is 368 g/mol. The molecule has 2 aromatic heterocycles. The van der Waals surface area contributed by atoms with Crippen molar-refractivity contribution in [3.63, 3.8) is 0 Å². The standard InChI is InChI=1S/C20H20N2O3S/c1-11-6-7-12(2)14(9-11)10-25-20(24)17-13(3)16-18(26-17)21-15-5-4-8-22(15)19(16)23/h6-7,9H,4-5,8,10H2,1-3H3. The van der Waals surface area contributed by atoms with Gasteiger partial charge in [-0.3, -0.25) is 9.36 Å². The van der Waals surface area contributed by atoms with Gasteiger partial charge in [0.1, 0.15) is 22.1 Å². The second-order valence-electron chi connectivity index (χ2n) is 6.83. The Morgan fingerprint density at radius 3 is 2.92 bits per heavy atom. The van der Waals surface area contributed by atoms with E-state index in [1.54, 1.807) is 11.5 Å². The van der Waals surface area contributed by atoms with Crippen LogP contribution in [0.2, 0.25) is 0 Å².